The molecule has 0 radical (unpaired) electrons. The molecule has 0 bridgehead atoms. The van der Waals surface area contributed by atoms with Crippen molar-refractivity contribution in [3.8, 4) is 0 Å². The Morgan fingerprint density at radius 2 is 2.13 bits per heavy atom. The van der Waals surface area contributed by atoms with Gasteiger partial charge in [0.25, 0.3) is 0 Å². The van der Waals surface area contributed by atoms with Crippen LogP contribution in [0.2, 0.25) is 0 Å². The standard InChI is InChI=1S/C16H16BrFN2O3/c1-8-13(15(21)23-2)14(11-7-9(17)3-6-12(11)18)19-16(22)20(8)10-4-5-10/h3,6-7,10,14H,4-5H2,1-2H3,(H,19,22). The van der Waals surface area contributed by atoms with Gasteiger partial charge in [0.15, 0.2) is 0 Å². The monoisotopic (exact) mass is 382 g/mol. The van der Waals surface area contributed by atoms with Gasteiger partial charge in [-0.25, -0.2) is 14.0 Å². The predicted molar refractivity (Wildman–Crippen MR) is 84.9 cm³/mol. The van der Waals surface area contributed by atoms with Gasteiger partial charge in [0.1, 0.15) is 5.82 Å². The molecular formula is C16H16BrFN2O3. The lowest BCUT2D eigenvalue weighted by Crippen LogP contribution is -2.49. The summed E-state index contributed by atoms with van der Waals surface area (Å²) in [6.07, 6.45) is 1.80. The van der Waals surface area contributed by atoms with Crippen LogP contribution in [0.1, 0.15) is 31.4 Å². The predicted octanol–water partition coefficient (Wildman–Crippen LogP) is 3.26. The average molecular weight is 383 g/mol. The number of amides is 2. The summed E-state index contributed by atoms with van der Waals surface area (Å²) in [4.78, 5) is 26.2. The maximum atomic E-state index is 14.3. The van der Waals surface area contributed by atoms with Gasteiger partial charge in [-0.1, -0.05) is 15.9 Å². The third-order valence-electron chi connectivity index (χ3n) is 4.11. The van der Waals surface area contributed by atoms with E-state index in [1.807, 2.05) is 0 Å². The average Bonchev–Trinajstić information content (AvgIpc) is 3.33. The van der Waals surface area contributed by atoms with E-state index in [9.17, 15) is 14.0 Å². The lowest BCUT2D eigenvalue weighted by Gasteiger charge is -2.35. The number of nitrogens with zero attached hydrogens (tertiary/aromatic N) is 1. The number of rotatable bonds is 3. The Morgan fingerprint density at radius 1 is 1.43 bits per heavy atom. The van der Waals surface area contributed by atoms with E-state index < -0.39 is 17.8 Å². The first-order valence-corrected chi connectivity index (χ1v) is 8.07. The Bertz CT molecular complexity index is 715. The van der Waals surface area contributed by atoms with Crippen LogP contribution in [0, 0.1) is 5.82 Å². The molecule has 1 aliphatic carbocycles. The number of hydrogen-bond acceptors (Lipinski definition) is 3. The van der Waals surface area contributed by atoms with Crippen molar-refractivity contribution in [2.24, 2.45) is 0 Å². The molecule has 122 valence electrons. The molecule has 1 heterocycles. The zero-order valence-corrected chi connectivity index (χ0v) is 14.3. The summed E-state index contributed by atoms with van der Waals surface area (Å²) in [7, 11) is 1.27. The smallest absolute Gasteiger partial charge is 0.337 e. The summed E-state index contributed by atoms with van der Waals surface area (Å²) >= 11 is 3.29. The van der Waals surface area contributed by atoms with Crippen LogP contribution in [-0.4, -0.2) is 30.1 Å². The largest absolute Gasteiger partial charge is 0.466 e. The molecule has 0 aromatic heterocycles. The van der Waals surface area contributed by atoms with Gasteiger partial charge in [0.05, 0.1) is 18.7 Å². The first-order valence-electron chi connectivity index (χ1n) is 7.27. The Morgan fingerprint density at radius 3 is 2.74 bits per heavy atom. The third-order valence-corrected chi connectivity index (χ3v) is 4.61. The number of benzene rings is 1. The second-order valence-electron chi connectivity index (χ2n) is 5.64. The molecule has 23 heavy (non-hydrogen) atoms. The van der Waals surface area contributed by atoms with Gasteiger partial charge in [0, 0.05) is 21.8 Å². The van der Waals surface area contributed by atoms with Crippen LogP contribution < -0.4 is 5.32 Å². The minimum atomic E-state index is -0.873. The molecule has 0 saturated heterocycles. The molecule has 2 aliphatic rings. The molecule has 7 heteroatoms. The van der Waals surface area contributed by atoms with Crippen molar-refractivity contribution in [2.75, 3.05) is 7.11 Å². The van der Waals surface area contributed by atoms with E-state index in [4.69, 9.17) is 4.74 Å². The topological polar surface area (TPSA) is 58.6 Å². The van der Waals surface area contributed by atoms with E-state index in [2.05, 4.69) is 21.2 Å². The van der Waals surface area contributed by atoms with Crippen molar-refractivity contribution in [1.29, 1.82) is 0 Å². The molecule has 1 fully saturated rings. The van der Waals surface area contributed by atoms with Crippen LogP contribution in [0.25, 0.3) is 0 Å². The molecule has 3 rings (SSSR count). The zero-order valence-electron chi connectivity index (χ0n) is 12.7. The van der Waals surface area contributed by atoms with Crippen molar-refractivity contribution in [1.82, 2.24) is 10.2 Å². The highest BCUT2D eigenvalue weighted by atomic mass is 79.9. The van der Waals surface area contributed by atoms with Crippen LogP contribution in [0.5, 0.6) is 0 Å². The molecule has 1 atom stereocenters. The van der Waals surface area contributed by atoms with Crippen LogP contribution in [0.15, 0.2) is 33.9 Å². The molecule has 1 N–H and O–H groups in total. The number of carbonyl (C=O) groups excluding carboxylic acids is 2. The highest BCUT2D eigenvalue weighted by Gasteiger charge is 2.43. The summed E-state index contributed by atoms with van der Waals surface area (Å²) in [5.41, 5.74) is 1.01. The summed E-state index contributed by atoms with van der Waals surface area (Å²) in [5, 5.41) is 2.74. The van der Waals surface area contributed by atoms with Gasteiger partial charge in [-0.05, 0) is 38.0 Å². The molecule has 1 unspecified atom stereocenters. The fourth-order valence-corrected chi connectivity index (χ4v) is 3.25. The first-order chi connectivity index (χ1) is 10.9. The normalized spacial score (nSPS) is 21.3. The van der Waals surface area contributed by atoms with Crippen LogP contribution >= 0.6 is 15.9 Å². The molecule has 0 spiro atoms. The second kappa shape index (κ2) is 5.96. The van der Waals surface area contributed by atoms with E-state index in [0.717, 1.165) is 12.8 Å². The van der Waals surface area contributed by atoms with Gasteiger partial charge in [-0.3, -0.25) is 4.90 Å². The summed E-state index contributed by atoms with van der Waals surface area (Å²) in [6.45, 7) is 1.70. The number of hydrogen-bond donors (Lipinski definition) is 1. The SMILES string of the molecule is COC(=O)C1=C(C)N(C2CC2)C(=O)NC1c1cc(Br)ccc1F. The Balaban J connectivity index is 2.13. The fourth-order valence-electron chi connectivity index (χ4n) is 2.87. The number of halogens is 2. The zero-order chi connectivity index (χ0) is 16.7. The Labute approximate surface area is 141 Å². The fraction of sp³-hybridized carbons (Fsp3) is 0.375. The van der Waals surface area contributed by atoms with E-state index in [0.29, 0.717) is 10.2 Å². The maximum Gasteiger partial charge on any atom is 0.337 e. The Kier molecular flexibility index (Phi) is 4.14. The summed E-state index contributed by atoms with van der Waals surface area (Å²) in [5.74, 6) is -1.06. The maximum absolute atomic E-state index is 14.3. The number of methoxy groups -OCH3 is 1. The van der Waals surface area contributed by atoms with E-state index in [-0.39, 0.29) is 23.2 Å². The third kappa shape index (κ3) is 2.85. The molecule has 1 aromatic rings. The number of ether oxygens (including phenoxy) is 1. The van der Waals surface area contributed by atoms with Crippen LogP contribution in [0.3, 0.4) is 0 Å². The van der Waals surface area contributed by atoms with Gasteiger partial charge in [0.2, 0.25) is 0 Å². The van der Waals surface area contributed by atoms with Crippen LogP contribution in [0.4, 0.5) is 9.18 Å². The van der Waals surface area contributed by atoms with Gasteiger partial charge >= 0.3 is 12.0 Å². The number of urea groups is 1. The highest BCUT2D eigenvalue weighted by Crippen LogP contribution is 2.38. The number of nitrogens with one attached hydrogen (secondary N) is 1. The van der Waals surface area contributed by atoms with Gasteiger partial charge in [-0.2, -0.15) is 0 Å². The number of esters is 1. The lowest BCUT2D eigenvalue weighted by molar-refractivity contribution is -0.136. The van der Waals surface area contributed by atoms with Crippen molar-refractivity contribution >= 4 is 27.9 Å². The summed E-state index contributed by atoms with van der Waals surface area (Å²) < 4.78 is 19.8. The molecule has 1 saturated carbocycles. The second-order valence-corrected chi connectivity index (χ2v) is 6.56. The molecule has 2 amide bonds. The van der Waals surface area contributed by atoms with Gasteiger partial charge in [-0.15, -0.1) is 0 Å². The lowest BCUT2D eigenvalue weighted by atomic mass is 9.94. The van der Waals surface area contributed by atoms with Crippen molar-refractivity contribution < 1.29 is 18.7 Å². The summed E-state index contributed by atoms with van der Waals surface area (Å²) in [6, 6.07) is 3.33. The molecule has 1 aliphatic heterocycles. The Hall–Kier alpha value is -1.89. The molecular weight excluding hydrogens is 367 g/mol. The van der Waals surface area contributed by atoms with E-state index >= 15 is 0 Å². The highest BCUT2D eigenvalue weighted by molar-refractivity contribution is 9.10. The number of carbonyl (C=O) groups is 2. The van der Waals surface area contributed by atoms with Crippen molar-refractivity contribution in [3.05, 3.63) is 45.3 Å². The van der Waals surface area contributed by atoms with E-state index in [1.54, 1.807) is 24.0 Å². The molecule has 5 nitrogen and oxygen atoms in total. The quantitative estimate of drug-likeness (QED) is 0.816. The van der Waals surface area contributed by atoms with E-state index in [1.165, 1.54) is 13.2 Å². The first kappa shape index (κ1) is 16.0. The van der Waals surface area contributed by atoms with Crippen molar-refractivity contribution in [2.45, 2.75) is 31.8 Å². The minimum Gasteiger partial charge on any atom is -0.466 e. The minimum absolute atomic E-state index is 0.1000. The van der Waals surface area contributed by atoms with Crippen molar-refractivity contribution in [3.63, 3.8) is 0 Å². The van der Waals surface area contributed by atoms with Crippen LogP contribution in [-0.2, 0) is 9.53 Å². The molecule has 1 aromatic carbocycles. The number of allylic oxidation sites excluding steroid dienone is 1. The van der Waals surface area contributed by atoms with Gasteiger partial charge < -0.3 is 10.1 Å².